The third-order valence-electron chi connectivity index (χ3n) is 5.27. The molecular weight excluding hydrogens is 336 g/mol. The zero-order valence-electron chi connectivity index (χ0n) is 14.9. The summed E-state index contributed by atoms with van der Waals surface area (Å²) in [6.45, 7) is 2.88. The Morgan fingerprint density at radius 3 is 3.00 bits per heavy atom. The minimum absolute atomic E-state index is 0.0493. The molecule has 2 aromatic rings. The summed E-state index contributed by atoms with van der Waals surface area (Å²) >= 11 is 0. The molecule has 2 aliphatic rings. The van der Waals surface area contributed by atoms with E-state index in [9.17, 15) is 9.90 Å². The third kappa shape index (κ3) is 3.36. The van der Waals surface area contributed by atoms with Crippen LogP contribution in [0.1, 0.15) is 59.7 Å². The summed E-state index contributed by atoms with van der Waals surface area (Å²) in [4.78, 5) is 17.9. The predicted molar refractivity (Wildman–Crippen MR) is 90.9 cm³/mol. The maximum absolute atomic E-state index is 11.5. The van der Waals surface area contributed by atoms with Crippen LogP contribution in [0, 0.1) is 5.92 Å². The normalized spacial score (nSPS) is 19.5. The lowest BCUT2D eigenvalue weighted by atomic mass is 9.80. The van der Waals surface area contributed by atoms with E-state index in [1.807, 2.05) is 10.7 Å². The summed E-state index contributed by atoms with van der Waals surface area (Å²) in [6, 6.07) is 2.02. The highest BCUT2D eigenvalue weighted by molar-refractivity contribution is 5.89. The molecular formula is C17H24N6O3. The van der Waals surface area contributed by atoms with Crippen molar-refractivity contribution in [3.8, 4) is 0 Å². The molecule has 2 N–H and O–H groups in total. The second-order valence-electron chi connectivity index (χ2n) is 7.07. The van der Waals surface area contributed by atoms with E-state index in [4.69, 9.17) is 4.52 Å². The summed E-state index contributed by atoms with van der Waals surface area (Å²) in [7, 11) is 1.53. The molecule has 0 saturated heterocycles. The first-order chi connectivity index (χ1) is 12.6. The Balaban J connectivity index is 1.44. The van der Waals surface area contributed by atoms with Crippen molar-refractivity contribution < 1.29 is 14.4 Å². The fourth-order valence-electron chi connectivity index (χ4n) is 3.54. The molecule has 1 amide bonds. The Morgan fingerprint density at radius 2 is 2.27 bits per heavy atom. The van der Waals surface area contributed by atoms with Crippen LogP contribution in [0.25, 0.3) is 0 Å². The van der Waals surface area contributed by atoms with Gasteiger partial charge in [0.1, 0.15) is 6.10 Å². The standard InChI is InChI=1S/C17H24N6O3/c1-18-17(25)16-19-14(26-21-16)10-22-6-3-7-23-12(9-22)8-13(20-23)15(24)11-4-2-5-11/h8,11,15,24H,2-7,9-10H2,1H3,(H,18,25). The van der Waals surface area contributed by atoms with Gasteiger partial charge in [0.25, 0.3) is 11.7 Å². The van der Waals surface area contributed by atoms with Gasteiger partial charge in [-0.05, 0) is 31.2 Å². The number of aliphatic hydroxyl groups excluding tert-OH is 1. The quantitative estimate of drug-likeness (QED) is 0.814. The molecule has 0 aromatic carbocycles. The van der Waals surface area contributed by atoms with Gasteiger partial charge in [-0.1, -0.05) is 11.6 Å². The molecule has 0 spiro atoms. The first-order valence-electron chi connectivity index (χ1n) is 9.15. The van der Waals surface area contributed by atoms with Crippen LogP contribution in [0.4, 0.5) is 0 Å². The van der Waals surface area contributed by atoms with E-state index in [1.54, 1.807) is 0 Å². The molecule has 1 fully saturated rings. The number of nitrogens with one attached hydrogen (secondary N) is 1. The maximum atomic E-state index is 11.5. The van der Waals surface area contributed by atoms with E-state index in [1.165, 1.54) is 13.5 Å². The Hall–Kier alpha value is -2.26. The summed E-state index contributed by atoms with van der Waals surface area (Å²) in [5.41, 5.74) is 1.87. The summed E-state index contributed by atoms with van der Waals surface area (Å²) in [5.74, 6) is 0.467. The SMILES string of the molecule is CNC(=O)c1noc(CN2CCCn3nc(C(O)C4CCC4)cc3C2)n1. The molecule has 1 aliphatic heterocycles. The van der Waals surface area contributed by atoms with Crippen LogP contribution in [-0.2, 0) is 19.6 Å². The molecule has 1 aliphatic carbocycles. The van der Waals surface area contributed by atoms with Crippen LogP contribution in [0.2, 0.25) is 0 Å². The fourth-order valence-corrected chi connectivity index (χ4v) is 3.54. The van der Waals surface area contributed by atoms with Crippen molar-refractivity contribution in [2.75, 3.05) is 13.6 Å². The second-order valence-corrected chi connectivity index (χ2v) is 7.07. The first-order valence-corrected chi connectivity index (χ1v) is 9.15. The average molecular weight is 360 g/mol. The minimum atomic E-state index is -0.456. The van der Waals surface area contributed by atoms with Gasteiger partial charge in [-0.3, -0.25) is 14.4 Å². The van der Waals surface area contributed by atoms with E-state index >= 15 is 0 Å². The highest BCUT2D eigenvalue weighted by atomic mass is 16.5. The van der Waals surface area contributed by atoms with Crippen molar-refractivity contribution in [3.05, 3.63) is 29.2 Å². The molecule has 9 nitrogen and oxygen atoms in total. The summed E-state index contributed by atoms with van der Waals surface area (Å²) < 4.78 is 7.19. The minimum Gasteiger partial charge on any atom is -0.386 e. The van der Waals surface area contributed by atoms with Crippen LogP contribution in [0.15, 0.2) is 10.6 Å². The van der Waals surface area contributed by atoms with Crippen LogP contribution in [0.3, 0.4) is 0 Å². The van der Waals surface area contributed by atoms with E-state index in [0.29, 0.717) is 24.9 Å². The number of rotatable bonds is 5. The summed E-state index contributed by atoms with van der Waals surface area (Å²) in [6.07, 6.45) is 3.86. The lowest BCUT2D eigenvalue weighted by Gasteiger charge is -2.29. The number of carbonyl (C=O) groups is 1. The van der Waals surface area contributed by atoms with Crippen molar-refractivity contribution in [1.82, 2.24) is 30.1 Å². The molecule has 9 heteroatoms. The first kappa shape index (κ1) is 17.2. The topological polar surface area (TPSA) is 109 Å². The number of aryl methyl sites for hydroxylation is 1. The largest absolute Gasteiger partial charge is 0.386 e. The maximum Gasteiger partial charge on any atom is 0.292 e. The zero-order valence-corrected chi connectivity index (χ0v) is 14.9. The zero-order chi connectivity index (χ0) is 18.1. The van der Waals surface area contributed by atoms with E-state index in [2.05, 4.69) is 25.5 Å². The molecule has 0 bridgehead atoms. The monoisotopic (exact) mass is 360 g/mol. The van der Waals surface area contributed by atoms with Crippen molar-refractivity contribution >= 4 is 5.91 Å². The van der Waals surface area contributed by atoms with Crippen molar-refractivity contribution in [2.45, 2.75) is 51.4 Å². The molecule has 1 atom stereocenters. The molecule has 2 aromatic heterocycles. The van der Waals surface area contributed by atoms with Gasteiger partial charge in [0.15, 0.2) is 0 Å². The third-order valence-corrected chi connectivity index (χ3v) is 5.27. The van der Waals surface area contributed by atoms with Crippen LogP contribution in [0.5, 0.6) is 0 Å². The molecule has 1 unspecified atom stereocenters. The molecule has 3 heterocycles. The highest BCUT2D eigenvalue weighted by Gasteiger charge is 2.30. The second kappa shape index (κ2) is 7.16. The number of hydrogen-bond acceptors (Lipinski definition) is 7. The van der Waals surface area contributed by atoms with Gasteiger partial charge >= 0.3 is 0 Å². The Kier molecular flexibility index (Phi) is 4.73. The number of fused-ring (bicyclic) bond motifs is 1. The molecule has 26 heavy (non-hydrogen) atoms. The van der Waals surface area contributed by atoms with Gasteiger partial charge in [-0.2, -0.15) is 10.1 Å². The number of aromatic nitrogens is 4. The molecule has 4 rings (SSSR count). The van der Waals surface area contributed by atoms with Gasteiger partial charge in [0, 0.05) is 26.7 Å². The Labute approximate surface area is 151 Å². The number of amides is 1. The lowest BCUT2D eigenvalue weighted by Crippen LogP contribution is -2.23. The van der Waals surface area contributed by atoms with Gasteiger partial charge < -0.3 is 14.9 Å². The van der Waals surface area contributed by atoms with E-state index in [0.717, 1.165) is 43.7 Å². The van der Waals surface area contributed by atoms with Gasteiger partial charge in [-0.25, -0.2) is 0 Å². The number of nitrogens with zero attached hydrogens (tertiary/aromatic N) is 5. The van der Waals surface area contributed by atoms with E-state index < -0.39 is 6.10 Å². The number of carbonyl (C=O) groups excluding carboxylic acids is 1. The van der Waals surface area contributed by atoms with Crippen molar-refractivity contribution in [2.24, 2.45) is 5.92 Å². The molecule has 1 saturated carbocycles. The van der Waals surface area contributed by atoms with Crippen molar-refractivity contribution in [1.29, 1.82) is 0 Å². The molecule has 140 valence electrons. The van der Waals surface area contributed by atoms with E-state index in [-0.39, 0.29) is 11.7 Å². The van der Waals surface area contributed by atoms with Crippen LogP contribution in [-0.4, -0.2) is 49.4 Å². The predicted octanol–water partition coefficient (Wildman–Crippen LogP) is 0.865. The summed E-state index contributed by atoms with van der Waals surface area (Å²) in [5, 5.41) is 21.3. The lowest BCUT2D eigenvalue weighted by molar-refractivity contribution is 0.0580. The smallest absolute Gasteiger partial charge is 0.292 e. The fraction of sp³-hybridized carbons (Fsp3) is 0.647. The Bertz CT molecular complexity index is 781. The average Bonchev–Trinajstić information content (AvgIpc) is 3.16. The van der Waals surface area contributed by atoms with Gasteiger partial charge in [-0.15, -0.1) is 0 Å². The number of hydrogen-bond donors (Lipinski definition) is 2. The van der Waals surface area contributed by atoms with Gasteiger partial charge in [0.05, 0.1) is 17.9 Å². The Morgan fingerprint density at radius 1 is 1.42 bits per heavy atom. The van der Waals surface area contributed by atoms with Crippen LogP contribution < -0.4 is 5.32 Å². The molecule has 0 radical (unpaired) electrons. The number of aliphatic hydroxyl groups is 1. The van der Waals surface area contributed by atoms with Crippen LogP contribution >= 0.6 is 0 Å². The van der Waals surface area contributed by atoms with Crippen molar-refractivity contribution in [3.63, 3.8) is 0 Å². The van der Waals surface area contributed by atoms with Gasteiger partial charge in [0.2, 0.25) is 5.89 Å². The highest BCUT2D eigenvalue weighted by Crippen LogP contribution is 2.37.